The third kappa shape index (κ3) is 5.22. The van der Waals surface area contributed by atoms with Gasteiger partial charge >= 0.3 is 17.9 Å². The Balaban J connectivity index is 1.43. The number of carbonyl (C=O) groups excluding carboxylic acids is 4. The zero-order chi connectivity index (χ0) is 37.7. The third-order valence-corrected chi connectivity index (χ3v) is 12.4. The van der Waals surface area contributed by atoms with Crippen LogP contribution in [0.4, 0.5) is 0 Å². The molecule has 5 fully saturated rings. The quantitative estimate of drug-likeness (QED) is 0.0814. The number of rotatable bonds is 7. The summed E-state index contributed by atoms with van der Waals surface area (Å²) in [6, 6.07) is 0. The van der Waals surface area contributed by atoms with Gasteiger partial charge in [-0.25, -0.2) is 14.4 Å². The average molecular weight is 727 g/mol. The van der Waals surface area contributed by atoms with E-state index in [1.54, 1.807) is 13.8 Å². The monoisotopic (exact) mass is 726 g/mol. The zero-order valence-corrected chi connectivity index (χ0v) is 29.0. The summed E-state index contributed by atoms with van der Waals surface area (Å²) in [4.78, 5) is 54.7. The van der Waals surface area contributed by atoms with Crippen molar-refractivity contribution in [1.82, 2.24) is 0 Å². The molecule has 3 unspecified atom stereocenters. The number of ketones is 1. The molecule has 0 amide bonds. The molecule has 6 rings (SSSR count). The summed E-state index contributed by atoms with van der Waals surface area (Å²) < 4.78 is 34.2. The molecule has 0 aromatic rings. The number of ether oxygens (including phenoxy) is 6. The van der Waals surface area contributed by atoms with Crippen molar-refractivity contribution >= 4 is 23.7 Å². The standard InChI is InChI=1S/C34H46O17/c1-12(31(3,4)45)7-18(37)50-24-26-33-11-47-34(26,30(44)46-6)27(42)22(41)25(33)32(5)9-15(36)23(13(2)14(32)8-17(33)49-28(24)43)51-29-21(40)20(39)19(38)16(10-35)48-29/h7,14,16-17,19-22,24-27,29,35,38-42,45H,8-11H2,1-6H3/b12-7+/t14?,16-,17-,19-,20-,21-,22-,24-,25?,26-,27?,29+,32+,33-,34+/m1/s1. The van der Waals surface area contributed by atoms with Gasteiger partial charge in [0.1, 0.15) is 36.6 Å². The lowest BCUT2D eigenvalue weighted by Gasteiger charge is -2.67. The summed E-state index contributed by atoms with van der Waals surface area (Å²) in [5.74, 6) is -7.35. The van der Waals surface area contributed by atoms with Crippen LogP contribution in [0.2, 0.25) is 0 Å². The number of esters is 3. The van der Waals surface area contributed by atoms with E-state index < -0.39 is 125 Å². The van der Waals surface area contributed by atoms with Gasteiger partial charge in [-0.2, -0.15) is 0 Å². The fraction of sp³-hybridized carbons (Fsp3) is 0.765. The van der Waals surface area contributed by atoms with Crippen LogP contribution in [-0.2, 0) is 47.6 Å². The van der Waals surface area contributed by atoms with Gasteiger partial charge in [0, 0.05) is 23.8 Å². The predicted molar refractivity (Wildman–Crippen MR) is 165 cm³/mol. The molecule has 2 bridgehead atoms. The van der Waals surface area contributed by atoms with Crippen LogP contribution in [0.15, 0.2) is 23.0 Å². The number of allylic oxidation sites excluding steroid dienone is 2. The SMILES string of the molecule is COC(=O)[C@@]12OC[C@]34C([C@@H](O)C1O)[C@@]1(C)CC(=O)C(O[C@@H]5O[C@H](CO)[C@@H](O)[C@@H](O)[C@H]5O)=C(C)C1C[C@H]3OC(=O)[C@H](OC(=O)/C=C(\C)C(C)(C)O)[C@H]42. The van der Waals surface area contributed by atoms with Gasteiger partial charge in [0.15, 0.2) is 11.5 Å². The fourth-order valence-corrected chi connectivity index (χ4v) is 9.80. The maximum atomic E-state index is 14.0. The van der Waals surface area contributed by atoms with Crippen LogP contribution in [-0.4, -0.2) is 146 Å². The predicted octanol–water partition coefficient (Wildman–Crippen LogP) is -2.47. The highest BCUT2D eigenvalue weighted by Crippen LogP contribution is 2.73. The summed E-state index contributed by atoms with van der Waals surface area (Å²) in [5.41, 5.74) is -6.03. The van der Waals surface area contributed by atoms with Gasteiger partial charge in [-0.15, -0.1) is 0 Å². The van der Waals surface area contributed by atoms with E-state index in [-0.39, 0.29) is 30.8 Å². The van der Waals surface area contributed by atoms with Crippen molar-refractivity contribution in [3.63, 3.8) is 0 Å². The summed E-state index contributed by atoms with van der Waals surface area (Å²) in [5, 5.41) is 74.9. The molecule has 3 aliphatic carbocycles. The first-order valence-corrected chi connectivity index (χ1v) is 16.8. The number of Topliss-reactive ketones (excluding diaryl/α,β-unsaturated/α-hetero) is 1. The van der Waals surface area contributed by atoms with Gasteiger partial charge in [0.05, 0.1) is 37.9 Å². The molecule has 7 N–H and O–H groups in total. The molecule has 2 saturated carbocycles. The van der Waals surface area contributed by atoms with Gasteiger partial charge in [-0.3, -0.25) is 4.79 Å². The molecular formula is C34H46O17. The van der Waals surface area contributed by atoms with Crippen LogP contribution in [0.25, 0.3) is 0 Å². The molecule has 51 heavy (non-hydrogen) atoms. The van der Waals surface area contributed by atoms with Crippen molar-refractivity contribution in [2.75, 3.05) is 20.3 Å². The van der Waals surface area contributed by atoms with E-state index in [4.69, 9.17) is 28.4 Å². The van der Waals surface area contributed by atoms with Gasteiger partial charge < -0.3 is 64.2 Å². The summed E-state index contributed by atoms with van der Waals surface area (Å²) >= 11 is 0. The number of carbonyl (C=O) groups is 4. The molecule has 17 nitrogen and oxygen atoms in total. The Hall–Kier alpha value is -3.00. The van der Waals surface area contributed by atoms with Crippen molar-refractivity contribution < 1.29 is 83.3 Å². The topological polar surface area (TPSA) is 265 Å². The average Bonchev–Trinajstić information content (AvgIpc) is 3.36. The van der Waals surface area contributed by atoms with Crippen LogP contribution >= 0.6 is 0 Å². The lowest BCUT2D eigenvalue weighted by atomic mass is 9.38. The molecule has 15 atom stereocenters. The molecule has 3 saturated heterocycles. The molecule has 0 radical (unpaired) electrons. The summed E-state index contributed by atoms with van der Waals surface area (Å²) in [7, 11) is 1.04. The lowest BCUT2D eigenvalue weighted by Crippen LogP contribution is -2.79. The van der Waals surface area contributed by atoms with Gasteiger partial charge in [0.25, 0.3) is 0 Å². The number of aliphatic hydroxyl groups is 7. The zero-order valence-electron chi connectivity index (χ0n) is 29.0. The maximum absolute atomic E-state index is 14.0. The minimum absolute atomic E-state index is 0.00228. The molecular weight excluding hydrogens is 680 g/mol. The smallest absolute Gasteiger partial charge is 0.348 e. The van der Waals surface area contributed by atoms with E-state index in [0.29, 0.717) is 5.57 Å². The molecule has 0 aromatic carbocycles. The summed E-state index contributed by atoms with van der Waals surface area (Å²) in [6.45, 7) is 6.55. The first kappa shape index (κ1) is 37.7. The van der Waals surface area contributed by atoms with Crippen molar-refractivity contribution in [1.29, 1.82) is 0 Å². The Morgan fingerprint density at radius 3 is 2.31 bits per heavy atom. The minimum atomic E-state index is -2.38. The second-order valence-electron chi connectivity index (χ2n) is 15.5. The molecule has 17 heteroatoms. The van der Waals surface area contributed by atoms with Crippen LogP contribution < -0.4 is 0 Å². The minimum Gasteiger partial charge on any atom is -0.467 e. The third-order valence-electron chi connectivity index (χ3n) is 12.4. The van der Waals surface area contributed by atoms with Crippen molar-refractivity contribution in [2.45, 2.75) is 114 Å². The molecule has 1 spiro atoms. The maximum Gasteiger partial charge on any atom is 0.348 e. The number of fused-ring (bicyclic) bond motifs is 2. The summed E-state index contributed by atoms with van der Waals surface area (Å²) in [6.07, 6.45) is -14.3. The number of hydrogen-bond acceptors (Lipinski definition) is 17. The van der Waals surface area contributed by atoms with Gasteiger partial charge in [-0.05, 0) is 56.6 Å². The number of aliphatic hydroxyl groups excluding tert-OH is 6. The van der Waals surface area contributed by atoms with E-state index in [9.17, 15) is 54.9 Å². The molecule has 3 heterocycles. The Kier molecular flexibility index (Phi) is 9.29. The van der Waals surface area contributed by atoms with Crippen LogP contribution in [0.3, 0.4) is 0 Å². The Morgan fingerprint density at radius 2 is 1.71 bits per heavy atom. The Bertz CT molecular complexity index is 1550. The normalized spacial score (nSPS) is 46.5. The Morgan fingerprint density at radius 1 is 1.04 bits per heavy atom. The van der Waals surface area contributed by atoms with E-state index in [0.717, 1.165) is 13.2 Å². The number of hydrogen-bond donors (Lipinski definition) is 7. The molecule has 3 aliphatic heterocycles. The van der Waals surface area contributed by atoms with Crippen LogP contribution in [0, 0.1) is 28.6 Å². The molecule has 0 aromatic heterocycles. The van der Waals surface area contributed by atoms with E-state index in [1.807, 2.05) is 0 Å². The van der Waals surface area contributed by atoms with Crippen molar-refractivity contribution in [3.8, 4) is 0 Å². The van der Waals surface area contributed by atoms with Crippen molar-refractivity contribution in [3.05, 3.63) is 23.0 Å². The van der Waals surface area contributed by atoms with Crippen LogP contribution in [0.5, 0.6) is 0 Å². The van der Waals surface area contributed by atoms with E-state index >= 15 is 0 Å². The van der Waals surface area contributed by atoms with Crippen LogP contribution in [0.1, 0.15) is 47.5 Å². The second kappa shape index (κ2) is 12.6. The number of methoxy groups -OCH3 is 1. The highest BCUT2D eigenvalue weighted by atomic mass is 16.7. The van der Waals surface area contributed by atoms with Crippen molar-refractivity contribution in [2.24, 2.45) is 28.6 Å². The molecule has 6 aliphatic rings. The molecule has 284 valence electrons. The highest BCUT2D eigenvalue weighted by Gasteiger charge is 2.85. The van der Waals surface area contributed by atoms with E-state index in [1.165, 1.54) is 20.8 Å². The first-order valence-electron chi connectivity index (χ1n) is 16.8. The fourth-order valence-electron chi connectivity index (χ4n) is 9.80. The lowest BCUT2D eigenvalue weighted by molar-refractivity contribution is -0.296. The van der Waals surface area contributed by atoms with E-state index in [2.05, 4.69) is 0 Å². The second-order valence-corrected chi connectivity index (χ2v) is 15.5. The van der Waals surface area contributed by atoms with Gasteiger partial charge in [0.2, 0.25) is 18.0 Å². The van der Waals surface area contributed by atoms with Gasteiger partial charge in [-0.1, -0.05) is 6.92 Å². The first-order chi connectivity index (χ1) is 23.7. The highest BCUT2D eigenvalue weighted by molar-refractivity contribution is 5.96. The largest absolute Gasteiger partial charge is 0.467 e. The Labute approximate surface area is 292 Å².